The number of nitrogens with one attached hydrogen (secondary N) is 1. The lowest BCUT2D eigenvalue weighted by molar-refractivity contribution is 0.433. The number of furan rings is 1. The Morgan fingerprint density at radius 2 is 1.88 bits per heavy atom. The maximum absolute atomic E-state index is 14.5. The Kier molecular flexibility index (Phi) is 5.40. The average Bonchev–Trinajstić information content (AvgIpc) is 3.39. The molecule has 0 unspecified atom stereocenters. The third kappa shape index (κ3) is 3.65. The zero-order valence-electron chi connectivity index (χ0n) is 16.6. The predicted octanol–water partition coefficient (Wildman–Crippen LogP) is 6.13. The van der Waals surface area contributed by atoms with Crippen LogP contribution in [0.2, 0.25) is 0 Å². The molecule has 2 N–H and O–H groups in total. The molecular weight excluding hydrogens is 493 g/mol. The van der Waals surface area contributed by atoms with Gasteiger partial charge in [0.1, 0.15) is 29.1 Å². The Hall–Kier alpha value is -3.23. The Balaban J connectivity index is 1.62. The number of para-hydroxylation sites is 2. The molecule has 0 bridgehead atoms. The second-order valence-electron chi connectivity index (χ2n) is 7.31. The SMILES string of the molecule is Oc1ccccc1N1C(=S)N[C@H](c2ccccn2)[C@H]1c1ccc(-c2ccc(Br)cc2F)o1. The van der Waals surface area contributed by atoms with Gasteiger partial charge in [0, 0.05) is 10.7 Å². The Bertz CT molecular complexity index is 1300. The van der Waals surface area contributed by atoms with E-state index in [4.69, 9.17) is 16.6 Å². The Morgan fingerprint density at radius 3 is 2.62 bits per heavy atom. The van der Waals surface area contributed by atoms with E-state index in [1.807, 2.05) is 29.2 Å². The highest BCUT2D eigenvalue weighted by Gasteiger charge is 2.43. The van der Waals surface area contributed by atoms with Crippen LogP contribution in [0.4, 0.5) is 10.1 Å². The minimum absolute atomic E-state index is 0.0917. The van der Waals surface area contributed by atoms with Gasteiger partial charge in [-0.15, -0.1) is 0 Å². The number of hydrogen-bond donors (Lipinski definition) is 2. The molecule has 32 heavy (non-hydrogen) atoms. The number of phenols is 1. The number of nitrogens with zero attached hydrogens (tertiary/aromatic N) is 2. The van der Waals surface area contributed by atoms with Gasteiger partial charge in [-0.2, -0.15) is 0 Å². The molecule has 5 nitrogen and oxygen atoms in total. The molecule has 2 aromatic carbocycles. The van der Waals surface area contributed by atoms with Crippen LogP contribution in [0.1, 0.15) is 23.5 Å². The maximum Gasteiger partial charge on any atom is 0.174 e. The molecule has 0 amide bonds. The average molecular weight is 510 g/mol. The number of aromatic nitrogens is 1. The first-order valence-electron chi connectivity index (χ1n) is 9.87. The first kappa shape index (κ1) is 20.7. The van der Waals surface area contributed by atoms with E-state index in [2.05, 4.69) is 26.2 Å². The highest BCUT2D eigenvalue weighted by atomic mass is 79.9. The number of thiocarbonyl (C=S) groups is 1. The summed E-state index contributed by atoms with van der Waals surface area (Å²) in [7, 11) is 0. The predicted molar refractivity (Wildman–Crippen MR) is 128 cm³/mol. The van der Waals surface area contributed by atoms with E-state index in [0.717, 1.165) is 5.69 Å². The summed E-state index contributed by atoms with van der Waals surface area (Å²) in [4.78, 5) is 6.30. The van der Waals surface area contributed by atoms with E-state index in [-0.39, 0.29) is 17.6 Å². The molecule has 0 saturated carbocycles. The van der Waals surface area contributed by atoms with Crippen molar-refractivity contribution in [2.75, 3.05) is 4.90 Å². The van der Waals surface area contributed by atoms with Crippen LogP contribution in [0.5, 0.6) is 5.75 Å². The van der Waals surface area contributed by atoms with Gasteiger partial charge in [0.05, 0.1) is 23.0 Å². The van der Waals surface area contributed by atoms with Gasteiger partial charge in [0.25, 0.3) is 0 Å². The van der Waals surface area contributed by atoms with E-state index in [1.54, 1.807) is 48.7 Å². The van der Waals surface area contributed by atoms with E-state index in [9.17, 15) is 9.50 Å². The quantitative estimate of drug-likeness (QED) is 0.323. The van der Waals surface area contributed by atoms with Gasteiger partial charge >= 0.3 is 0 Å². The lowest BCUT2D eigenvalue weighted by atomic mass is 10.0. The summed E-state index contributed by atoms with van der Waals surface area (Å²) >= 11 is 8.92. The molecular formula is C24H17BrFN3O2S. The molecule has 5 rings (SSSR count). The van der Waals surface area contributed by atoms with E-state index in [1.165, 1.54) is 6.07 Å². The van der Waals surface area contributed by atoms with Gasteiger partial charge in [0.2, 0.25) is 0 Å². The Labute approximate surface area is 197 Å². The smallest absolute Gasteiger partial charge is 0.174 e. The van der Waals surface area contributed by atoms with Crippen LogP contribution in [0, 0.1) is 5.82 Å². The summed E-state index contributed by atoms with van der Waals surface area (Å²) in [5.74, 6) is 0.668. The van der Waals surface area contributed by atoms with E-state index in [0.29, 0.717) is 32.4 Å². The third-order valence-corrected chi connectivity index (χ3v) is 6.16. The summed E-state index contributed by atoms with van der Waals surface area (Å²) in [5, 5.41) is 14.3. The molecule has 0 aliphatic carbocycles. The van der Waals surface area contributed by atoms with Crippen molar-refractivity contribution in [3.8, 4) is 17.1 Å². The summed E-state index contributed by atoms with van der Waals surface area (Å²) < 4.78 is 21.4. The van der Waals surface area contributed by atoms with Gasteiger partial charge in [-0.3, -0.25) is 4.98 Å². The van der Waals surface area contributed by atoms with Crippen molar-refractivity contribution in [3.63, 3.8) is 0 Å². The van der Waals surface area contributed by atoms with E-state index >= 15 is 0 Å². The number of pyridine rings is 1. The fraction of sp³-hybridized carbons (Fsp3) is 0.0833. The van der Waals surface area contributed by atoms with Crippen molar-refractivity contribution in [1.82, 2.24) is 10.3 Å². The molecule has 8 heteroatoms. The van der Waals surface area contributed by atoms with Crippen molar-refractivity contribution in [3.05, 3.63) is 101 Å². The standard InChI is InChI=1S/C24H17BrFN3O2S/c25-14-8-9-15(16(26)13-14)20-10-11-21(31-20)23-22(17-5-3-4-12-27-17)28-24(32)29(23)18-6-1-2-7-19(18)30/h1-13,22-23,30H,(H,28,32)/t22-,23-/m1/s1. The number of hydrogen-bond acceptors (Lipinski definition) is 4. The molecule has 160 valence electrons. The highest BCUT2D eigenvalue weighted by Crippen LogP contribution is 2.45. The Morgan fingerprint density at radius 1 is 1.06 bits per heavy atom. The molecule has 1 fully saturated rings. The normalized spacial score (nSPS) is 18.1. The number of rotatable bonds is 4. The van der Waals surface area contributed by atoms with Crippen LogP contribution < -0.4 is 10.2 Å². The lowest BCUT2D eigenvalue weighted by Crippen LogP contribution is -2.29. The molecule has 4 aromatic rings. The van der Waals surface area contributed by atoms with Crippen LogP contribution in [-0.4, -0.2) is 15.2 Å². The topological polar surface area (TPSA) is 61.5 Å². The molecule has 1 aliphatic rings. The molecule has 2 aromatic heterocycles. The van der Waals surface area contributed by atoms with Gasteiger partial charge in [-0.25, -0.2) is 4.39 Å². The second kappa shape index (κ2) is 8.37. The number of aromatic hydroxyl groups is 1. The van der Waals surface area contributed by atoms with Crippen LogP contribution >= 0.6 is 28.1 Å². The van der Waals surface area contributed by atoms with Crippen molar-refractivity contribution < 1.29 is 13.9 Å². The third-order valence-electron chi connectivity index (χ3n) is 5.35. The van der Waals surface area contributed by atoms with Gasteiger partial charge in [0.15, 0.2) is 5.11 Å². The number of benzene rings is 2. The van der Waals surface area contributed by atoms with Crippen molar-refractivity contribution >= 4 is 38.9 Å². The molecule has 2 atom stereocenters. The summed E-state index contributed by atoms with van der Waals surface area (Å²) in [6.45, 7) is 0. The molecule has 1 aliphatic heterocycles. The summed E-state index contributed by atoms with van der Waals surface area (Å²) in [6.07, 6.45) is 1.71. The number of anilines is 1. The van der Waals surface area contributed by atoms with Crippen LogP contribution in [0.3, 0.4) is 0 Å². The van der Waals surface area contributed by atoms with Crippen molar-refractivity contribution in [1.29, 1.82) is 0 Å². The van der Waals surface area contributed by atoms with Gasteiger partial charge in [-0.1, -0.05) is 34.1 Å². The molecule has 3 heterocycles. The zero-order valence-corrected chi connectivity index (χ0v) is 19.0. The van der Waals surface area contributed by atoms with Crippen LogP contribution in [0.15, 0.2) is 87.9 Å². The second-order valence-corrected chi connectivity index (χ2v) is 8.61. The minimum Gasteiger partial charge on any atom is -0.506 e. The van der Waals surface area contributed by atoms with Crippen LogP contribution in [-0.2, 0) is 0 Å². The first-order chi connectivity index (χ1) is 15.5. The van der Waals surface area contributed by atoms with Gasteiger partial charge in [-0.05, 0) is 66.8 Å². The van der Waals surface area contributed by atoms with Crippen LogP contribution in [0.25, 0.3) is 11.3 Å². The summed E-state index contributed by atoms with van der Waals surface area (Å²) in [5.41, 5.74) is 1.67. The van der Waals surface area contributed by atoms with Crippen molar-refractivity contribution in [2.45, 2.75) is 12.1 Å². The summed E-state index contributed by atoms with van der Waals surface area (Å²) in [6, 6.07) is 20.2. The fourth-order valence-electron chi connectivity index (χ4n) is 3.92. The number of halogens is 2. The zero-order chi connectivity index (χ0) is 22.2. The molecule has 1 saturated heterocycles. The molecule has 0 spiro atoms. The minimum atomic E-state index is -0.446. The highest BCUT2D eigenvalue weighted by molar-refractivity contribution is 9.10. The lowest BCUT2D eigenvalue weighted by Gasteiger charge is -2.26. The largest absolute Gasteiger partial charge is 0.506 e. The maximum atomic E-state index is 14.5. The monoisotopic (exact) mass is 509 g/mol. The number of phenolic OH excluding ortho intramolecular Hbond substituents is 1. The van der Waals surface area contributed by atoms with Crippen molar-refractivity contribution in [2.24, 2.45) is 0 Å². The van der Waals surface area contributed by atoms with Gasteiger partial charge < -0.3 is 19.7 Å². The van der Waals surface area contributed by atoms with E-state index < -0.39 is 6.04 Å². The first-order valence-corrected chi connectivity index (χ1v) is 11.1. The molecule has 0 radical (unpaired) electrons. The fourth-order valence-corrected chi connectivity index (χ4v) is 4.59.